The molecule has 0 aliphatic rings. The van der Waals surface area contributed by atoms with Gasteiger partial charge in [-0.25, -0.2) is 0 Å². The number of aromatic nitrogens is 1. The van der Waals surface area contributed by atoms with Crippen molar-refractivity contribution < 1.29 is 0 Å². The Kier molecular flexibility index (Phi) is 3.36. The molecule has 3 rings (SSSR count). The van der Waals surface area contributed by atoms with Gasteiger partial charge >= 0.3 is 0 Å². The fourth-order valence-corrected chi connectivity index (χ4v) is 2.46. The topological polar surface area (TPSA) is 48.7 Å². The van der Waals surface area contributed by atoms with E-state index in [1.807, 2.05) is 36.4 Å². The molecule has 0 atom stereocenters. The van der Waals surface area contributed by atoms with E-state index in [0.29, 0.717) is 5.56 Å². The van der Waals surface area contributed by atoms with Gasteiger partial charge < -0.3 is 5.32 Å². The van der Waals surface area contributed by atoms with Crippen LogP contribution in [0.2, 0.25) is 0 Å². The first-order chi connectivity index (χ1) is 9.76. The first-order valence-electron chi connectivity index (χ1n) is 6.08. The van der Waals surface area contributed by atoms with Crippen LogP contribution in [0.15, 0.2) is 59.2 Å². The largest absolute Gasteiger partial charge is 0.353 e. The third kappa shape index (κ3) is 2.49. The summed E-state index contributed by atoms with van der Waals surface area (Å²) in [7, 11) is 0. The lowest BCUT2D eigenvalue weighted by Crippen LogP contribution is -1.93. The summed E-state index contributed by atoms with van der Waals surface area (Å²) >= 11 is 3.46. The lowest BCUT2D eigenvalue weighted by molar-refractivity contribution is 1.39. The van der Waals surface area contributed by atoms with Crippen LogP contribution in [0.4, 0.5) is 11.4 Å². The van der Waals surface area contributed by atoms with E-state index in [2.05, 4.69) is 32.3 Å². The van der Waals surface area contributed by atoms with Gasteiger partial charge in [0.2, 0.25) is 0 Å². The van der Waals surface area contributed by atoms with Crippen LogP contribution in [0.3, 0.4) is 0 Å². The summed E-state index contributed by atoms with van der Waals surface area (Å²) in [4.78, 5) is 4.41. The Labute approximate surface area is 125 Å². The molecule has 3 aromatic rings. The van der Waals surface area contributed by atoms with Crippen molar-refractivity contribution in [1.82, 2.24) is 4.98 Å². The maximum atomic E-state index is 8.86. The summed E-state index contributed by atoms with van der Waals surface area (Å²) in [6.07, 6.45) is 1.80. The number of rotatable bonds is 2. The molecule has 1 N–H and O–H groups in total. The van der Waals surface area contributed by atoms with Crippen LogP contribution in [0.1, 0.15) is 5.56 Å². The summed E-state index contributed by atoms with van der Waals surface area (Å²) in [6, 6.07) is 17.6. The number of hydrogen-bond acceptors (Lipinski definition) is 3. The van der Waals surface area contributed by atoms with Crippen LogP contribution in [-0.2, 0) is 0 Å². The lowest BCUT2D eigenvalue weighted by atomic mass is 10.2. The molecule has 0 fully saturated rings. The summed E-state index contributed by atoms with van der Waals surface area (Å²) in [5, 5.41) is 13.2. The minimum absolute atomic E-state index is 0.624. The van der Waals surface area contributed by atoms with Crippen LogP contribution in [0, 0.1) is 11.3 Å². The quantitative estimate of drug-likeness (QED) is 0.749. The maximum Gasteiger partial charge on any atom is 0.0992 e. The minimum Gasteiger partial charge on any atom is -0.353 e. The normalized spacial score (nSPS) is 10.2. The number of benzene rings is 2. The third-order valence-electron chi connectivity index (χ3n) is 2.97. The number of nitrogens with zero attached hydrogens (tertiary/aromatic N) is 2. The highest BCUT2D eigenvalue weighted by Crippen LogP contribution is 2.27. The highest BCUT2D eigenvalue weighted by atomic mass is 79.9. The Morgan fingerprint density at radius 1 is 1.10 bits per heavy atom. The van der Waals surface area contributed by atoms with Gasteiger partial charge in [0.1, 0.15) is 0 Å². The van der Waals surface area contributed by atoms with Gasteiger partial charge in [-0.05, 0) is 46.3 Å². The van der Waals surface area contributed by atoms with E-state index in [0.717, 1.165) is 26.8 Å². The molecule has 0 aliphatic heterocycles. The molecule has 0 aliphatic carbocycles. The van der Waals surface area contributed by atoms with Crippen molar-refractivity contribution in [1.29, 1.82) is 5.26 Å². The molecule has 0 spiro atoms. The Hall–Kier alpha value is -2.38. The molecule has 96 valence electrons. The standard InChI is InChI=1S/C16H10BrN3/c17-14-7-11(9-18)5-6-16(14)20-13-8-12-3-1-2-4-15(12)19-10-13/h1-8,10,20H. The summed E-state index contributed by atoms with van der Waals surface area (Å²) in [6.45, 7) is 0. The SMILES string of the molecule is N#Cc1ccc(Nc2cnc3ccccc3c2)c(Br)c1. The second-order valence-corrected chi connectivity index (χ2v) is 5.20. The van der Waals surface area contributed by atoms with Gasteiger partial charge in [-0.15, -0.1) is 0 Å². The molecule has 4 heteroatoms. The van der Waals surface area contributed by atoms with Gasteiger partial charge in [0.05, 0.1) is 34.7 Å². The highest BCUT2D eigenvalue weighted by molar-refractivity contribution is 9.10. The van der Waals surface area contributed by atoms with Gasteiger partial charge in [-0.3, -0.25) is 4.98 Å². The van der Waals surface area contributed by atoms with E-state index in [4.69, 9.17) is 5.26 Å². The number of hydrogen-bond donors (Lipinski definition) is 1. The lowest BCUT2D eigenvalue weighted by Gasteiger charge is -2.09. The Morgan fingerprint density at radius 2 is 1.95 bits per heavy atom. The zero-order chi connectivity index (χ0) is 13.9. The molecule has 0 amide bonds. The minimum atomic E-state index is 0.624. The van der Waals surface area contributed by atoms with Crippen LogP contribution >= 0.6 is 15.9 Å². The zero-order valence-electron chi connectivity index (χ0n) is 10.5. The molecule has 3 nitrogen and oxygen atoms in total. The molecule has 0 saturated heterocycles. The van der Waals surface area contributed by atoms with Crippen LogP contribution in [0.25, 0.3) is 10.9 Å². The Balaban J connectivity index is 1.95. The van der Waals surface area contributed by atoms with Crippen molar-refractivity contribution in [2.45, 2.75) is 0 Å². The average molecular weight is 324 g/mol. The Morgan fingerprint density at radius 3 is 2.75 bits per heavy atom. The number of fused-ring (bicyclic) bond motifs is 1. The van der Waals surface area contributed by atoms with Crippen molar-refractivity contribution in [2.24, 2.45) is 0 Å². The maximum absolute atomic E-state index is 8.86. The highest BCUT2D eigenvalue weighted by Gasteiger charge is 2.03. The summed E-state index contributed by atoms with van der Waals surface area (Å²) in [5.74, 6) is 0. The van der Waals surface area contributed by atoms with Crippen molar-refractivity contribution >= 4 is 38.2 Å². The molecule has 0 radical (unpaired) electrons. The van der Waals surface area contributed by atoms with Gasteiger partial charge in [-0.2, -0.15) is 5.26 Å². The predicted molar refractivity (Wildman–Crippen MR) is 83.9 cm³/mol. The molecule has 0 bridgehead atoms. The van der Waals surface area contributed by atoms with E-state index >= 15 is 0 Å². The zero-order valence-corrected chi connectivity index (χ0v) is 12.1. The first kappa shape index (κ1) is 12.6. The van der Waals surface area contributed by atoms with Gasteiger partial charge in [0.15, 0.2) is 0 Å². The van der Waals surface area contributed by atoms with Crippen LogP contribution < -0.4 is 5.32 Å². The van der Waals surface area contributed by atoms with Crippen molar-refractivity contribution in [3.8, 4) is 6.07 Å². The molecule has 0 unspecified atom stereocenters. The molecular weight excluding hydrogens is 314 g/mol. The van der Waals surface area contributed by atoms with Gasteiger partial charge in [0, 0.05) is 9.86 Å². The number of halogens is 1. The van der Waals surface area contributed by atoms with Crippen LogP contribution in [0.5, 0.6) is 0 Å². The monoisotopic (exact) mass is 323 g/mol. The molecular formula is C16H10BrN3. The first-order valence-corrected chi connectivity index (χ1v) is 6.87. The molecule has 20 heavy (non-hydrogen) atoms. The smallest absolute Gasteiger partial charge is 0.0992 e. The van der Waals surface area contributed by atoms with Crippen molar-refractivity contribution in [3.05, 3.63) is 64.8 Å². The second kappa shape index (κ2) is 5.32. The van der Waals surface area contributed by atoms with Crippen LogP contribution in [-0.4, -0.2) is 4.98 Å². The fraction of sp³-hybridized carbons (Fsp3) is 0. The number of pyridine rings is 1. The Bertz CT molecular complexity index is 821. The van der Waals surface area contributed by atoms with Crippen molar-refractivity contribution in [3.63, 3.8) is 0 Å². The number of nitrogens with one attached hydrogen (secondary N) is 1. The van der Waals surface area contributed by atoms with E-state index in [1.165, 1.54) is 0 Å². The molecule has 2 aromatic carbocycles. The molecule has 0 saturated carbocycles. The number of nitriles is 1. The van der Waals surface area contributed by atoms with E-state index in [-0.39, 0.29) is 0 Å². The van der Waals surface area contributed by atoms with Gasteiger partial charge in [0.25, 0.3) is 0 Å². The molecule has 1 aromatic heterocycles. The van der Waals surface area contributed by atoms with E-state index in [9.17, 15) is 0 Å². The number of para-hydroxylation sites is 1. The van der Waals surface area contributed by atoms with E-state index < -0.39 is 0 Å². The van der Waals surface area contributed by atoms with Crippen molar-refractivity contribution in [2.75, 3.05) is 5.32 Å². The predicted octanol–water partition coefficient (Wildman–Crippen LogP) is 4.61. The fourth-order valence-electron chi connectivity index (χ4n) is 1.98. The molecule has 1 heterocycles. The van der Waals surface area contributed by atoms with Gasteiger partial charge in [-0.1, -0.05) is 18.2 Å². The number of anilines is 2. The third-order valence-corrected chi connectivity index (χ3v) is 3.62. The summed E-state index contributed by atoms with van der Waals surface area (Å²) in [5.41, 5.74) is 3.41. The van der Waals surface area contributed by atoms with E-state index in [1.54, 1.807) is 18.3 Å². The second-order valence-electron chi connectivity index (χ2n) is 4.35. The summed E-state index contributed by atoms with van der Waals surface area (Å²) < 4.78 is 0.852. The average Bonchev–Trinajstić information content (AvgIpc) is 2.49.